The first-order chi connectivity index (χ1) is 10.2. The lowest BCUT2D eigenvalue weighted by Crippen LogP contribution is -2.20. The highest BCUT2D eigenvalue weighted by Gasteiger charge is 2.20. The minimum absolute atomic E-state index is 0.314. The van der Waals surface area contributed by atoms with Gasteiger partial charge in [-0.25, -0.2) is 0 Å². The number of benzene rings is 1. The van der Waals surface area contributed by atoms with E-state index in [4.69, 9.17) is 14.2 Å². The monoisotopic (exact) mass is 293 g/mol. The Kier molecular flexibility index (Phi) is 5.88. The van der Waals surface area contributed by atoms with Crippen molar-refractivity contribution in [2.45, 2.75) is 44.8 Å². The molecule has 1 fully saturated rings. The van der Waals surface area contributed by atoms with Crippen LogP contribution in [0.4, 0.5) is 0 Å². The molecule has 4 nitrogen and oxygen atoms in total. The Labute approximate surface area is 127 Å². The molecule has 0 radical (unpaired) electrons. The number of rotatable bonds is 7. The topological polar surface area (TPSA) is 39.7 Å². The third-order valence-electron chi connectivity index (χ3n) is 4.30. The summed E-state index contributed by atoms with van der Waals surface area (Å²) < 4.78 is 16.5. The maximum Gasteiger partial charge on any atom is 0.161 e. The number of hydrogen-bond donors (Lipinski definition) is 1. The Bertz CT molecular complexity index is 456. The van der Waals surface area contributed by atoms with E-state index in [1.165, 1.54) is 24.0 Å². The summed E-state index contributed by atoms with van der Waals surface area (Å²) in [7, 11) is 5.36. The van der Waals surface area contributed by atoms with E-state index in [2.05, 4.69) is 18.3 Å². The van der Waals surface area contributed by atoms with Gasteiger partial charge in [-0.1, -0.05) is 0 Å². The quantitative estimate of drug-likeness (QED) is 0.838. The van der Waals surface area contributed by atoms with E-state index < -0.39 is 0 Å². The normalized spacial score (nSPS) is 19.5. The smallest absolute Gasteiger partial charge is 0.161 e. The van der Waals surface area contributed by atoms with Crippen LogP contribution in [0.1, 0.15) is 42.9 Å². The van der Waals surface area contributed by atoms with Crippen molar-refractivity contribution in [2.24, 2.45) is 0 Å². The van der Waals surface area contributed by atoms with Crippen molar-refractivity contribution in [1.29, 1.82) is 0 Å². The van der Waals surface area contributed by atoms with E-state index in [1.54, 1.807) is 14.2 Å². The first-order valence-corrected chi connectivity index (χ1v) is 7.71. The van der Waals surface area contributed by atoms with Crippen molar-refractivity contribution in [3.8, 4) is 11.5 Å². The average molecular weight is 293 g/mol. The van der Waals surface area contributed by atoms with Crippen LogP contribution >= 0.6 is 0 Å². The van der Waals surface area contributed by atoms with Crippen LogP contribution in [-0.4, -0.2) is 34.0 Å². The van der Waals surface area contributed by atoms with Crippen LogP contribution in [0.5, 0.6) is 11.5 Å². The van der Waals surface area contributed by atoms with Crippen molar-refractivity contribution < 1.29 is 14.2 Å². The summed E-state index contributed by atoms with van der Waals surface area (Å²) in [6.07, 6.45) is 4.99. The highest BCUT2D eigenvalue weighted by atomic mass is 16.5. The van der Waals surface area contributed by atoms with Crippen LogP contribution in [0.25, 0.3) is 0 Å². The predicted octanol–water partition coefficient (Wildman–Crippen LogP) is 3.23. The SMILES string of the molecule is CNC(CCC1CCCO1)c1cc(OC)c(OC)cc1C. The fourth-order valence-corrected chi connectivity index (χ4v) is 3.05. The molecule has 0 aromatic heterocycles. The molecule has 1 N–H and O–H groups in total. The minimum atomic E-state index is 0.314. The van der Waals surface area contributed by atoms with Crippen molar-refractivity contribution in [2.75, 3.05) is 27.9 Å². The molecule has 1 aliphatic rings. The van der Waals surface area contributed by atoms with Gasteiger partial charge >= 0.3 is 0 Å². The van der Waals surface area contributed by atoms with Crippen LogP contribution in [0.2, 0.25) is 0 Å². The van der Waals surface area contributed by atoms with E-state index in [9.17, 15) is 0 Å². The molecule has 0 spiro atoms. The molecule has 2 rings (SSSR count). The summed E-state index contributed by atoms with van der Waals surface area (Å²) in [6, 6.07) is 4.45. The second-order valence-corrected chi connectivity index (χ2v) is 5.62. The third kappa shape index (κ3) is 3.89. The van der Waals surface area contributed by atoms with Crippen LogP contribution in [0.3, 0.4) is 0 Å². The van der Waals surface area contributed by atoms with Crippen LogP contribution in [0.15, 0.2) is 12.1 Å². The third-order valence-corrected chi connectivity index (χ3v) is 4.30. The van der Waals surface area contributed by atoms with Gasteiger partial charge in [0.15, 0.2) is 11.5 Å². The molecular weight excluding hydrogens is 266 g/mol. The highest BCUT2D eigenvalue weighted by molar-refractivity contribution is 5.48. The second kappa shape index (κ2) is 7.66. The van der Waals surface area contributed by atoms with E-state index >= 15 is 0 Å². The van der Waals surface area contributed by atoms with E-state index in [-0.39, 0.29) is 0 Å². The molecule has 0 aliphatic carbocycles. The van der Waals surface area contributed by atoms with Crippen LogP contribution < -0.4 is 14.8 Å². The first kappa shape index (κ1) is 16.1. The molecule has 1 aromatic carbocycles. The molecular formula is C17H27NO3. The zero-order valence-corrected chi connectivity index (χ0v) is 13.6. The molecule has 1 heterocycles. The number of aryl methyl sites for hydroxylation is 1. The fourth-order valence-electron chi connectivity index (χ4n) is 3.05. The molecule has 2 unspecified atom stereocenters. The largest absolute Gasteiger partial charge is 0.493 e. The van der Waals surface area contributed by atoms with Gasteiger partial charge in [-0.15, -0.1) is 0 Å². The number of methoxy groups -OCH3 is 2. The maximum atomic E-state index is 5.72. The van der Waals surface area contributed by atoms with Gasteiger partial charge in [0.2, 0.25) is 0 Å². The zero-order chi connectivity index (χ0) is 15.2. The second-order valence-electron chi connectivity index (χ2n) is 5.62. The van der Waals surface area contributed by atoms with Crippen molar-refractivity contribution in [1.82, 2.24) is 5.32 Å². The predicted molar refractivity (Wildman–Crippen MR) is 84.3 cm³/mol. The minimum Gasteiger partial charge on any atom is -0.493 e. The molecule has 1 saturated heterocycles. The summed E-state index contributed by atoms with van der Waals surface area (Å²) in [5, 5.41) is 3.42. The summed E-state index contributed by atoms with van der Waals surface area (Å²) in [4.78, 5) is 0. The van der Waals surface area contributed by atoms with Gasteiger partial charge in [-0.05, 0) is 62.9 Å². The van der Waals surface area contributed by atoms with Gasteiger partial charge in [0.25, 0.3) is 0 Å². The van der Waals surface area contributed by atoms with Crippen molar-refractivity contribution in [3.05, 3.63) is 23.3 Å². The molecule has 0 amide bonds. The molecule has 1 aromatic rings. The standard InChI is InChI=1S/C17H27NO3/c1-12-10-16(19-3)17(20-4)11-14(12)15(18-2)8-7-13-6-5-9-21-13/h10-11,13,15,18H,5-9H2,1-4H3. The summed E-state index contributed by atoms with van der Waals surface area (Å²) >= 11 is 0. The van der Waals surface area contributed by atoms with Gasteiger partial charge in [-0.3, -0.25) is 0 Å². The van der Waals surface area contributed by atoms with E-state index in [0.29, 0.717) is 12.1 Å². The van der Waals surface area contributed by atoms with Crippen LogP contribution in [-0.2, 0) is 4.74 Å². The lowest BCUT2D eigenvalue weighted by molar-refractivity contribution is 0.0998. The Morgan fingerprint density at radius 2 is 2.00 bits per heavy atom. The summed E-state index contributed by atoms with van der Waals surface area (Å²) in [5.74, 6) is 1.57. The van der Waals surface area contributed by atoms with Gasteiger partial charge in [-0.2, -0.15) is 0 Å². The van der Waals surface area contributed by atoms with E-state index in [0.717, 1.165) is 30.9 Å². The Hall–Kier alpha value is -1.26. The molecule has 1 aliphatic heterocycles. The Morgan fingerprint density at radius 1 is 1.29 bits per heavy atom. The molecule has 0 saturated carbocycles. The molecule has 4 heteroatoms. The Morgan fingerprint density at radius 3 is 2.57 bits per heavy atom. The van der Waals surface area contributed by atoms with Gasteiger partial charge in [0.1, 0.15) is 0 Å². The van der Waals surface area contributed by atoms with Gasteiger partial charge < -0.3 is 19.5 Å². The summed E-state index contributed by atoms with van der Waals surface area (Å²) in [5.41, 5.74) is 2.49. The van der Waals surface area contributed by atoms with Crippen LogP contribution in [0, 0.1) is 6.92 Å². The lowest BCUT2D eigenvalue weighted by atomic mass is 9.95. The lowest BCUT2D eigenvalue weighted by Gasteiger charge is -2.22. The number of hydrogen-bond acceptors (Lipinski definition) is 4. The average Bonchev–Trinajstić information content (AvgIpc) is 3.02. The summed E-state index contributed by atoms with van der Waals surface area (Å²) in [6.45, 7) is 3.04. The first-order valence-electron chi connectivity index (χ1n) is 7.71. The highest BCUT2D eigenvalue weighted by Crippen LogP contribution is 2.34. The van der Waals surface area contributed by atoms with Gasteiger partial charge in [0.05, 0.1) is 20.3 Å². The number of nitrogens with one attached hydrogen (secondary N) is 1. The van der Waals surface area contributed by atoms with Crippen molar-refractivity contribution >= 4 is 0 Å². The molecule has 21 heavy (non-hydrogen) atoms. The van der Waals surface area contributed by atoms with Gasteiger partial charge in [0, 0.05) is 12.6 Å². The molecule has 118 valence electrons. The fraction of sp³-hybridized carbons (Fsp3) is 0.647. The van der Waals surface area contributed by atoms with Crippen molar-refractivity contribution in [3.63, 3.8) is 0 Å². The molecule has 2 atom stereocenters. The zero-order valence-electron chi connectivity index (χ0n) is 13.6. The Balaban J connectivity index is 2.12. The maximum absolute atomic E-state index is 5.72. The molecule has 0 bridgehead atoms. The van der Waals surface area contributed by atoms with E-state index in [1.807, 2.05) is 13.1 Å². The number of ether oxygens (including phenoxy) is 3.